The summed E-state index contributed by atoms with van der Waals surface area (Å²) in [5, 5.41) is 12.8. The molecule has 122 valence electrons. The zero-order valence-corrected chi connectivity index (χ0v) is 13.6. The van der Waals surface area contributed by atoms with Crippen molar-refractivity contribution in [2.45, 2.75) is 19.5 Å². The Morgan fingerprint density at radius 1 is 1.22 bits per heavy atom. The van der Waals surface area contributed by atoms with Gasteiger partial charge in [0.1, 0.15) is 11.5 Å². The predicted octanol–water partition coefficient (Wildman–Crippen LogP) is 3.30. The second-order valence-electron chi connectivity index (χ2n) is 5.35. The fraction of sp³-hybridized carbons (Fsp3) is 0.278. The number of carbonyl (C=O) groups is 1. The van der Waals surface area contributed by atoms with Gasteiger partial charge in [-0.2, -0.15) is 0 Å². The van der Waals surface area contributed by atoms with Crippen molar-refractivity contribution < 1.29 is 14.6 Å². The fourth-order valence-electron chi connectivity index (χ4n) is 2.27. The molecule has 0 unspecified atom stereocenters. The number of phenolic OH excluding ortho intramolecular Hbond substituents is 1. The molecular formula is C18H22N2O3. The first kappa shape index (κ1) is 16.7. The van der Waals surface area contributed by atoms with Crippen LogP contribution in [0.5, 0.6) is 11.5 Å². The summed E-state index contributed by atoms with van der Waals surface area (Å²) in [7, 11) is 3.33. The molecule has 0 fully saturated rings. The molecule has 0 radical (unpaired) electrons. The zero-order chi connectivity index (χ0) is 16.8. The maximum absolute atomic E-state index is 12.3. The van der Waals surface area contributed by atoms with Gasteiger partial charge in [-0.1, -0.05) is 30.3 Å². The molecule has 0 aliphatic rings. The van der Waals surface area contributed by atoms with E-state index < -0.39 is 0 Å². The summed E-state index contributed by atoms with van der Waals surface area (Å²) in [6, 6.07) is 14.1. The highest BCUT2D eigenvalue weighted by molar-refractivity contribution is 5.74. The molecule has 2 amide bonds. The Morgan fingerprint density at radius 3 is 2.48 bits per heavy atom. The number of ether oxygens (including phenoxy) is 1. The molecule has 1 atom stereocenters. The Bertz CT molecular complexity index is 656. The molecular weight excluding hydrogens is 292 g/mol. The van der Waals surface area contributed by atoms with Gasteiger partial charge in [-0.25, -0.2) is 4.79 Å². The first-order valence-corrected chi connectivity index (χ1v) is 7.44. The van der Waals surface area contributed by atoms with Crippen molar-refractivity contribution in [1.29, 1.82) is 0 Å². The molecule has 0 aromatic heterocycles. The van der Waals surface area contributed by atoms with E-state index in [2.05, 4.69) is 5.32 Å². The number of rotatable bonds is 5. The highest BCUT2D eigenvalue weighted by atomic mass is 16.5. The van der Waals surface area contributed by atoms with Gasteiger partial charge in [0.15, 0.2) is 0 Å². The summed E-state index contributed by atoms with van der Waals surface area (Å²) in [6.45, 7) is 2.31. The number of para-hydroxylation sites is 1. The van der Waals surface area contributed by atoms with Crippen LogP contribution in [0, 0.1) is 0 Å². The van der Waals surface area contributed by atoms with Crippen molar-refractivity contribution in [2.75, 3.05) is 14.2 Å². The lowest BCUT2D eigenvalue weighted by Gasteiger charge is -2.26. The van der Waals surface area contributed by atoms with Crippen molar-refractivity contribution in [3.8, 4) is 11.5 Å². The molecule has 0 aliphatic heterocycles. The summed E-state index contributed by atoms with van der Waals surface area (Å²) in [5.74, 6) is 0.972. The van der Waals surface area contributed by atoms with Crippen molar-refractivity contribution in [3.63, 3.8) is 0 Å². The van der Waals surface area contributed by atoms with E-state index in [9.17, 15) is 9.90 Å². The third kappa shape index (κ3) is 4.16. The van der Waals surface area contributed by atoms with Gasteiger partial charge in [0.2, 0.25) is 0 Å². The number of nitrogens with one attached hydrogen (secondary N) is 1. The van der Waals surface area contributed by atoms with E-state index in [1.165, 1.54) is 0 Å². The van der Waals surface area contributed by atoms with Crippen molar-refractivity contribution in [1.82, 2.24) is 10.2 Å². The first-order valence-electron chi connectivity index (χ1n) is 7.44. The number of urea groups is 1. The predicted molar refractivity (Wildman–Crippen MR) is 89.5 cm³/mol. The van der Waals surface area contributed by atoms with Crippen LogP contribution in [0.4, 0.5) is 4.79 Å². The molecule has 5 heteroatoms. The van der Waals surface area contributed by atoms with Crippen LogP contribution in [-0.4, -0.2) is 30.2 Å². The van der Waals surface area contributed by atoms with Crippen LogP contribution in [-0.2, 0) is 6.54 Å². The molecule has 2 aromatic rings. The molecule has 5 nitrogen and oxygen atoms in total. The lowest BCUT2D eigenvalue weighted by Crippen LogP contribution is -2.38. The number of carbonyl (C=O) groups excluding carboxylic acids is 1. The molecule has 2 N–H and O–H groups in total. The summed E-state index contributed by atoms with van der Waals surface area (Å²) in [6.07, 6.45) is 0. The van der Waals surface area contributed by atoms with Crippen LogP contribution in [0.15, 0.2) is 48.5 Å². The van der Waals surface area contributed by atoms with Gasteiger partial charge in [-0.3, -0.25) is 0 Å². The summed E-state index contributed by atoms with van der Waals surface area (Å²) in [4.78, 5) is 13.8. The van der Waals surface area contributed by atoms with Crippen LogP contribution in [0.1, 0.15) is 24.1 Å². The third-order valence-electron chi connectivity index (χ3n) is 3.89. The first-order chi connectivity index (χ1) is 11.0. The van der Waals surface area contributed by atoms with Gasteiger partial charge in [0, 0.05) is 19.2 Å². The number of methoxy groups -OCH3 is 1. The molecule has 2 rings (SSSR count). The molecule has 0 aliphatic carbocycles. The van der Waals surface area contributed by atoms with Gasteiger partial charge in [-0.15, -0.1) is 0 Å². The summed E-state index contributed by atoms with van der Waals surface area (Å²) >= 11 is 0. The van der Waals surface area contributed by atoms with E-state index in [0.29, 0.717) is 6.54 Å². The second-order valence-corrected chi connectivity index (χ2v) is 5.35. The topological polar surface area (TPSA) is 61.8 Å². The maximum atomic E-state index is 12.3. The van der Waals surface area contributed by atoms with E-state index >= 15 is 0 Å². The number of aromatic hydroxyl groups is 1. The third-order valence-corrected chi connectivity index (χ3v) is 3.89. The monoisotopic (exact) mass is 314 g/mol. The number of phenols is 1. The Kier molecular flexibility index (Phi) is 5.46. The smallest absolute Gasteiger partial charge is 0.317 e. The Hall–Kier alpha value is -2.69. The Labute approximate surface area is 136 Å². The Morgan fingerprint density at radius 2 is 1.87 bits per heavy atom. The quantitative estimate of drug-likeness (QED) is 0.890. The van der Waals surface area contributed by atoms with E-state index in [1.54, 1.807) is 31.2 Å². The minimum atomic E-state index is -0.230. The molecule has 0 saturated heterocycles. The standard InChI is InChI=1S/C18H22N2O3/c1-13(16-6-4-5-7-17(16)21)20(2)18(22)19-12-14-8-10-15(23-3)11-9-14/h4-11,13,21H,12H2,1-3H3,(H,19,22)/t13-/m0/s1. The van der Waals surface area contributed by atoms with E-state index in [1.807, 2.05) is 43.3 Å². The highest BCUT2D eigenvalue weighted by Gasteiger charge is 2.19. The van der Waals surface area contributed by atoms with Gasteiger partial charge < -0.3 is 20.1 Å². The average molecular weight is 314 g/mol. The molecule has 0 heterocycles. The summed E-state index contributed by atoms with van der Waals surface area (Å²) in [5.41, 5.74) is 1.71. The van der Waals surface area contributed by atoms with Crippen LogP contribution >= 0.6 is 0 Å². The minimum Gasteiger partial charge on any atom is -0.508 e. The number of nitrogens with zero attached hydrogens (tertiary/aromatic N) is 1. The van der Waals surface area contributed by atoms with Crippen LogP contribution in [0.25, 0.3) is 0 Å². The lowest BCUT2D eigenvalue weighted by molar-refractivity contribution is 0.193. The second kappa shape index (κ2) is 7.54. The molecule has 0 saturated carbocycles. The lowest BCUT2D eigenvalue weighted by atomic mass is 10.1. The van der Waals surface area contributed by atoms with E-state index in [4.69, 9.17) is 4.74 Å². The number of benzene rings is 2. The maximum Gasteiger partial charge on any atom is 0.317 e. The number of hydrogen-bond acceptors (Lipinski definition) is 3. The largest absolute Gasteiger partial charge is 0.508 e. The zero-order valence-electron chi connectivity index (χ0n) is 13.6. The minimum absolute atomic E-state index is 0.190. The van der Waals surface area contributed by atoms with Gasteiger partial charge in [0.25, 0.3) is 0 Å². The Balaban J connectivity index is 1.95. The molecule has 0 bridgehead atoms. The van der Waals surface area contributed by atoms with Crippen LogP contribution in [0.2, 0.25) is 0 Å². The normalized spacial score (nSPS) is 11.6. The molecule has 23 heavy (non-hydrogen) atoms. The number of amides is 2. The van der Waals surface area contributed by atoms with E-state index in [0.717, 1.165) is 16.9 Å². The van der Waals surface area contributed by atoms with Crippen molar-refractivity contribution >= 4 is 6.03 Å². The molecule has 2 aromatic carbocycles. The van der Waals surface area contributed by atoms with Crippen LogP contribution in [0.3, 0.4) is 0 Å². The molecule has 0 spiro atoms. The fourth-order valence-corrected chi connectivity index (χ4v) is 2.27. The van der Waals surface area contributed by atoms with Gasteiger partial charge in [-0.05, 0) is 30.7 Å². The van der Waals surface area contributed by atoms with Crippen LogP contribution < -0.4 is 10.1 Å². The van der Waals surface area contributed by atoms with Gasteiger partial charge >= 0.3 is 6.03 Å². The number of hydrogen-bond donors (Lipinski definition) is 2. The SMILES string of the molecule is COc1ccc(CNC(=O)N(C)[C@@H](C)c2ccccc2O)cc1. The van der Waals surface area contributed by atoms with E-state index in [-0.39, 0.29) is 17.8 Å². The summed E-state index contributed by atoms with van der Waals surface area (Å²) < 4.78 is 5.11. The van der Waals surface area contributed by atoms with Crippen molar-refractivity contribution in [3.05, 3.63) is 59.7 Å². The average Bonchev–Trinajstić information content (AvgIpc) is 2.59. The van der Waals surface area contributed by atoms with Crippen molar-refractivity contribution in [2.24, 2.45) is 0 Å². The van der Waals surface area contributed by atoms with Gasteiger partial charge in [0.05, 0.1) is 13.2 Å². The highest BCUT2D eigenvalue weighted by Crippen LogP contribution is 2.27.